The second-order valence-electron chi connectivity index (χ2n) is 6.19. The standard InChI is InChI=1S/C17H20N4O5/c1-9(23)18-13-15(25)14(24)12(8-22)21-7-11(20-16(13)21)17(26)19-10-5-3-2-4-6-10/h2-7,12-15,22,24-25H,8H2,1H3,(H2,18,19,23,26)/p+1/t12-,13-,14-,15-/m1/s1. The Morgan fingerprint density at radius 1 is 1.19 bits per heavy atom. The van der Waals surface area contributed by atoms with E-state index >= 15 is 0 Å². The number of aromatic nitrogens is 2. The highest BCUT2D eigenvalue weighted by Gasteiger charge is 2.48. The Morgan fingerprint density at radius 2 is 1.88 bits per heavy atom. The van der Waals surface area contributed by atoms with Crippen molar-refractivity contribution >= 4 is 17.5 Å². The Balaban J connectivity index is 1.95. The van der Waals surface area contributed by atoms with Gasteiger partial charge in [0.05, 0.1) is 6.61 Å². The van der Waals surface area contributed by atoms with Crippen molar-refractivity contribution in [1.29, 1.82) is 0 Å². The van der Waals surface area contributed by atoms with Crippen molar-refractivity contribution in [2.24, 2.45) is 0 Å². The zero-order valence-electron chi connectivity index (χ0n) is 14.1. The summed E-state index contributed by atoms with van der Waals surface area (Å²) >= 11 is 0. The molecule has 4 atom stereocenters. The second-order valence-corrected chi connectivity index (χ2v) is 6.19. The number of amides is 2. The van der Waals surface area contributed by atoms with Gasteiger partial charge >= 0.3 is 0 Å². The molecule has 1 aromatic heterocycles. The van der Waals surface area contributed by atoms with Gasteiger partial charge in [0.1, 0.15) is 18.4 Å². The van der Waals surface area contributed by atoms with Gasteiger partial charge in [-0.15, -0.1) is 0 Å². The van der Waals surface area contributed by atoms with E-state index in [0.29, 0.717) is 11.5 Å². The maximum absolute atomic E-state index is 12.5. The van der Waals surface area contributed by atoms with E-state index in [-0.39, 0.29) is 5.69 Å². The lowest BCUT2D eigenvalue weighted by Gasteiger charge is -2.33. The summed E-state index contributed by atoms with van der Waals surface area (Å²) in [5.41, 5.74) is 0.770. The van der Waals surface area contributed by atoms with E-state index in [9.17, 15) is 24.9 Å². The number of hydrogen-bond acceptors (Lipinski definition) is 5. The van der Waals surface area contributed by atoms with Gasteiger partial charge in [-0.25, -0.2) is 9.55 Å². The number of aromatic amines is 1. The number of fused-ring (bicyclic) bond motifs is 1. The zero-order valence-corrected chi connectivity index (χ0v) is 14.1. The molecule has 0 aliphatic carbocycles. The fourth-order valence-corrected chi connectivity index (χ4v) is 3.11. The number of carbonyl (C=O) groups excluding carboxylic acids is 2. The Labute approximate surface area is 149 Å². The first kappa shape index (κ1) is 18.1. The highest BCUT2D eigenvalue weighted by molar-refractivity contribution is 6.02. The van der Waals surface area contributed by atoms with E-state index in [0.717, 1.165) is 0 Å². The van der Waals surface area contributed by atoms with Crippen molar-refractivity contribution in [3.63, 3.8) is 0 Å². The van der Waals surface area contributed by atoms with E-state index in [1.807, 2.05) is 6.07 Å². The summed E-state index contributed by atoms with van der Waals surface area (Å²) in [5, 5.41) is 35.4. The van der Waals surface area contributed by atoms with Crippen molar-refractivity contribution in [1.82, 2.24) is 10.3 Å². The number of anilines is 1. The number of aliphatic hydroxyl groups excluding tert-OH is 3. The van der Waals surface area contributed by atoms with Crippen LogP contribution in [0, 0.1) is 0 Å². The SMILES string of the molecule is CC(=O)N[C@H]1c2[nH]c(C(=O)Nc3ccccc3)c[n+]2[C@H](CO)[C@@H](O)[C@@H]1O. The molecule has 26 heavy (non-hydrogen) atoms. The van der Waals surface area contributed by atoms with Crippen LogP contribution in [0.4, 0.5) is 5.69 Å². The smallest absolute Gasteiger partial charge is 0.299 e. The van der Waals surface area contributed by atoms with Crippen LogP contribution in [0.1, 0.15) is 35.3 Å². The van der Waals surface area contributed by atoms with E-state index in [1.54, 1.807) is 24.3 Å². The number of hydrogen-bond donors (Lipinski definition) is 6. The molecular weight excluding hydrogens is 340 g/mol. The van der Waals surface area contributed by atoms with Gasteiger partial charge < -0.3 is 26.0 Å². The van der Waals surface area contributed by atoms with Crippen LogP contribution in [0.15, 0.2) is 36.5 Å². The third-order valence-electron chi connectivity index (χ3n) is 4.37. The molecule has 1 aromatic carbocycles. The average Bonchev–Trinajstić information content (AvgIpc) is 3.05. The molecule has 0 bridgehead atoms. The number of H-pyrrole nitrogens is 1. The molecule has 138 valence electrons. The van der Waals surface area contributed by atoms with Gasteiger partial charge in [-0.1, -0.05) is 18.2 Å². The molecule has 0 radical (unpaired) electrons. The van der Waals surface area contributed by atoms with Crippen molar-refractivity contribution in [2.45, 2.75) is 31.2 Å². The summed E-state index contributed by atoms with van der Waals surface area (Å²) < 4.78 is 1.47. The van der Waals surface area contributed by atoms with E-state index < -0.39 is 42.7 Å². The van der Waals surface area contributed by atoms with Crippen LogP contribution in [0.2, 0.25) is 0 Å². The molecule has 1 aliphatic heterocycles. The predicted molar refractivity (Wildman–Crippen MR) is 90.1 cm³/mol. The first-order valence-corrected chi connectivity index (χ1v) is 8.17. The third kappa shape index (κ3) is 3.32. The summed E-state index contributed by atoms with van der Waals surface area (Å²) in [6, 6.07) is 7.07. The lowest BCUT2D eigenvalue weighted by atomic mass is 9.94. The fraction of sp³-hybridized carbons (Fsp3) is 0.353. The van der Waals surface area contributed by atoms with Crippen LogP contribution in [-0.4, -0.2) is 50.9 Å². The summed E-state index contributed by atoms with van der Waals surface area (Å²) in [6.07, 6.45) is -1.20. The van der Waals surface area contributed by atoms with Crippen LogP contribution in [0.5, 0.6) is 0 Å². The second kappa shape index (κ2) is 7.24. The van der Waals surface area contributed by atoms with Crippen LogP contribution in [-0.2, 0) is 4.79 Å². The molecule has 6 N–H and O–H groups in total. The normalized spacial score (nSPS) is 24.6. The quantitative estimate of drug-likeness (QED) is 0.388. The van der Waals surface area contributed by atoms with Gasteiger partial charge in [-0.2, -0.15) is 0 Å². The Kier molecular flexibility index (Phi) is 5.03. The fourth-order valence-electron chi connectivity index (χ4n) is 3.11. The summed E-state index contributed by atoms with van der Waals surface area (Å²) in [5.74, 6) is -0.518. The summed E-state index contributed by atoms with van der Waals surface area (Å²) in [4.78, 5) is 26.8. The van der Waals surface area contributed by atoms with Gasteiger partial charge in [0.15, 0.2) is 12.1 Å². The Bertz CT molecular complexity index is 807. The molecule has 2 aromatic rings. The molecule has 9 heteroatoms. The number of carbonyl (C=O) groups is 2. The van der Waals surface area contributed by atoms with Gasteiger partial charge in [0.2, 0.25) is 11.6 Å². The molecular formula is C17H21N4O5+. The number of rotatable bonds is 4. The molecule has 9 nitrogen and oxygen atoms in total. The van der Waals surface area contributed by atoms with E-state index in [4.69, 9.17) is 0 Å². The average molecular weight is 361 g/mol. The van der Waals surface area contributed by atoms with Crippen LogP contribution < -0.4 is 15.2 Å². The van der Waals surface area contributed by atoms with Crippen LogP contribution in [0.3, 0.4) is 0 Å². The maximum atomic E-state index is 12.5. The molecule has 0 saturated carbocycles. The maximum Gasteiger partial charge on any atom is 0.299 e. The summed E-state index contributed by atoms with van der Waals surface area (Å²) in [7, 11) is 0. The predicted octanol–water partition coefficient (Wildman–Crippen LogP) is -0.999. The van der Waals surface area contributed by atoms with Crippen LogP contribution in [0.25, 0.3) is 0 Å². The van der Waals surface area contributed by atoms with Gasteiger partial charge in [0, 0.05) is 12.6 Å². The zero-order chi connectivity index (χ0) is 18.8. The molecule has 2 heterocycles. The van der Waals surface area contributed by atoms with Gasteiger partial charge in [-0.3, -0.25) is 9.59 Å². The topological polar surface area (TPSA) is 139 Å². The minimum absolute atomic E-state index is 0.166. The third-order valence-corrected chi connectivity index (χ3v) is 4.37. The van der Waals surface area contributed by atoms with Gasteiger partial charge in [-0.05, 0) is 12.1 Å². The molecule has 0 saturated heterocycles. The highest BCUT2D eigenvalue weighted by atomic mass is 16.3. The molecule has 1 aliphatic rings. The number of nitrogens with one attached hydrogen (secondary N) is 3. The minimum Gasteiger partial charge on any atom is -0.392 e. The number of imidazole rings is 1. The Hall–Kier alpha value is -2.75. The molecule has 0 fully saturated rings. The van der Waals surface area contributed by atoms with E-state index in [1.165, 1.54) is 17.7 Å². The Morgan fingerprint density at radius 3 is 2.50 bits per heavy atom. The van der Waals surface area contributed by atoms with Crippen molar-refractivity contribution in [3.8, 4) is 0 Å². The first-order chi connectivity index (χ1) is 12.4. The number of aliphatic hydroxyl groups is 3. The van der Waals surface area contributed by atoms with Crippen molar-refractivity contribution < 1.29 is 29.5 Å². The number of nitrogens with zero attached hydrogens (tertiary/aromatic N) is 1. The number of para-hydroxylation sites is 1. The lowest BCUT2D eigenvalue weighted by Crippen LogP contribution is -2.62. The first-order valence-electron chi connectivity index (χ1n) is 8.17. The highest BCUT2D eigenvalue weighted by Crippen LogP contribution is 2.26. The molecule has 2 amide bonds. The largest absolute Gasteiger partial charge is 0.392 e. The summed E-state index contributed by atoms with van der Waals surface area (Å²) in [6.45, 7) is 0.841. The number of benzene rings is 1. The minimum atomic E-state index is -1.33. The monoisotopic (exact) mass is 361 g/mol. The van der Waals surface area contributed by atoms with Crippen molar-refractivity contribution in [2.75, 3.05) is 11.9 Å². The van der Waals surface area contributed by atoms with Gasteiger partial charge in [0.25, 0.3) is 11.7 Å². The molecule has 3 rings (SSSR count). The molecule has 0 unspecified atom stereocenters. The molecule has 0 spiro atoms. The van der Waals surface area contributed by atoms with Crippen molar-refractivity contribution in [3.05, 3.63) is 48.0 Å². The van der Waals surface area contributed by atoms with E-state index in [2.05, 4.69) is 15.6 Å². The lowest BCUT2D eigenvalue weighted by molar-refractivity contribution is -0.747. The van der Waals surface area contributed by atoms with Crippen LogP contribution >= 0.6 is 0 Å².